The van der Waals surface area contributed by atoms with E-state index in [-0.39, 0.29) is 25.7 Å². The average Bonchev–Trinajstić information content (AvgIpc) is 3.70. The predicted octanol–water partition coefficient (Wildman–Crippen LogP) is 20.1. The van der Waals surface area contributed by atoms with E-state index in [2.05, 4.69) is 55.4 Å². The lowest BCUT2D eigenvalue weighted by Crippen LogP contribution is -2.30. The van der Waals surface area contributed by atoms with Crippen molar-refractivity contribution >= 4 is 39.5 Å². The molecule has 3 unspecified atom stereocenters. The van der Waals surface area contributed by atoms with Crippen LogP contribution in [0.25, 0.3) is 0 Å². The zero-order valence-electron chi connectivity index (χ0n) is 58.8. The fourth-order valence-electron chi connectivity index (χ4n) is 10.7. The Morgan fingerprint density at radius 2 is 0.467 bits per heavy atom. The van der Waals surface area contributed by atoms with E-state index in [1.807, 2.05) is 0 Å². The molecule has 17 nitrogen and oxygen atoms in total. The zero-order chi connectivity index (χ0) is 66.8. The Morgan fingerprint density at radius 1 is 0.278 bits per heavy atom. The molecule has 0 radical (unpaired) electrons. The average molecular weight is 1330 g/mol. The quantitative estimate of drug-likeness (QED) is 0.0222. The molecule has 0 aliphatic carbocycles. The number of ether oxygens (including phenoxy) is 4. The summed E-state index contributed by atoms with van der Waals surface area (Å²) in [4.78, 5) is 72.6. The highest BCUT2D eigenvalue weighted by molar-refractivity contribution is 7.47. The predicted molar refractivity (Wildman–Crippen MR) is 363 cm³/mol. The molecule has 0 spiro atoms. The second kappa shape index (κ2) is 60.7. The van der Waals surface area contributed by atoms with E-state index >= 15 is 0 Å². The smallest absolute Gasteiger partial charge is 0.462 e. The maximum Gasteiger partial charge on any atom is 0.472 e. The van der Waals surface area contributed by atoms with Gasteiger partial charge in [-0.15, -0.1) is 0 Å². The van der Waals surface area contributed by atoms with Crippen molar-refractivity contribution in [2.24, 2.45) is 23.7 Å². The second-order valence-corrected chi connectivity index (χ2v) is 30.4. The minimum atomic E-state index is -4.95. The molecule has 0 saturated heterocycles. The van der Waals surface area contributed by atoms with Crippen molar-refractivity contribution in [3.05, 3.63) is 0 Å². The lowest BCUT2D eigenvalue weighted by molar-refractivity contribution is -0.161. The SMILES string of the molecule is CC(C)CCCCCCCCCCCCCCC(=O)OC[C@H](COP(=O)(O)OCC(O)COP(=O)(O)OC[C@@H](COC(=O)CCCCCCCCCC(C)C)OC(=O)CCCCCCCCCCCCCC(C)C)OC(=O)CCCCCCCCCCC(C)C. The maximum absolute atomic E-state index is 13.0. The number of phosphoric ester groups is 2. The third-order valence-electron chi connectivity index (χ3n) is 16.3. The highest BCUT2D eigenvalue weighted by Crippen LogP contribution is 2.45. The summed E-state index contributed by atoms with van der Waals surface area (Å²) in [6, 6.07) is 0. The van der Waals surface area contributed by atoms with Crippen molar-refractivity contribution < 1.29 is 80.2 Å². The van der Waals surface area contributed by atoms with E-state index in [1.165, 1.54) is 148 Å². The highest BCUT2D eigenvalue weighted by atomic mass is 31.2. The number of carbonyl (C=O) groups excluding carboxylic acids is 4. The fraction of sp³-hybridized carbons (Fsp3) is 0.944. The summed E-state index contributed by atoms with van der Waals surface area (Å²) < 4.78 is 68.3. The van der Waals surface area contributed by atoms with Gasteiger partial charge in [-0.05, 0) is 49.4 Å². The largest absolute Gasteiger partial charge is 0.472 e. The molecule has 0 heterocycles. The Balaban J connectivity index is 5.24. The van der Waals surface area contributed by atoms with E-state index in [0.717, 1.165) is 114 Å². The van der Waals surface area contributed by atoms with E-state index in [9.17, 15) is 43.2 Å². The van der Waals surface area contributed by atoms with Gasteiger partial charge in [0.2, 0.25) is 0 Å². The van der Waals surface area contributed by atoms with Gasteiger partial charge in [0.05, 0.1) is 26.4 Å². The van der Waals surface area contributed by atoms with Crippen LogP contribution < -0.4 is 0 Å². The minimum absolute atomic E-state index is 0.104. The van der Waals surface area contributed by atoms with Crippen LogP contribution in [0.1, 0.15) is 351 Å². The zero-order valence-corrected chi connectivity index (χ0v) is 60.6. The molecule has 0 fully saturated rings. The molecule has 534 valence electrons. The van der Waals surface area contributed by atoms with Crippen LogP contribution in [-0.2, 0) is 65.4 Å². The number of hydrogen-bond acceptors (Lipinski definition) is 15. The number of rotatable bonds is 68. The first-order valence-electron chi connectivity index (χ1n) is 36.7. The molecular formula is C71H138O17P2. The molecule has 3 N–H and O–H groups in total. The van der Waals surface area contributed by atoms with E-state index < -0.39 is 97.5 Å². The van der Waals surface area contributed by atoms with Crippen molar-refractivity contribution in [1.29, 1.82) is 0 Å². The normalized spacial score (nSPS) is 14.3. The Labute approximate surface area is 549 Å². The van der Waals surface area contributed by atoms with Crippen molar-refractivity contribution in [3.8, 4) is 0 Å². The van der Waals surface area contributed by atoms with Crippen molar-refractivity contribution in [1.82, 2.24) is 0 Å². The van der Waals surface area contributed by atoms with Crippen LogP contribution in [0, 0.1) is 23.7 Å². The first kappa shape index (κ1) is 88.1. The third-order valence-corrected chi connectivity index (χ3v) is 18.2. The van der Waals surface area contributed by atoms with Crippen LogP contribution in [0.15, 0.2) is 0 Å². The highest BCUT2D eigenvalue weighted by Gasteiger charge is 2.30. The molecule has 19 heteroatoms. The molecule has 0 aromatic heterocycles. The number of hydrogen-bond donors (Lipinski definition) is 3. The maximum atomic E-state index is 13.0. The van der Waals surface area contributed by atoms with Gasteiger partial charge in [0, 0.05) is 25.7 Å². The van der Waals surface area contributed by atoms with E-state index in [0.29, 0.717) is 31.6 Å². The van der Waals surface area contributed by atoms with Crippen molar-refractivity contribution in [3.63, 3.8) is 0 Å². The number of carbonyl (C=O) groups is 4. The molecule has 0 aliphatic rings. The number of esters is 4. The van der Waals surface area contributed by atoms with Crippen LogP contribution in [0.2, 0.25) is 0 Å². The topological polar surface area (TPSA) is 237 Å². The van der Waals surface area contributed by atoms with E-state index in [1.54, 1.807) is 0 Å². The Morgan fingerprint density at radius 3 is 0.689 bits per heavy atom. The molecular weight excluding hydrogens is 1190 g/mol. The summed E-state index contributed by atoms with van der Waals surface area (Å²) in [5.74, 6) is 0.841. The van der Waals surface area contributed by atoms with Gasteiger partial charge in [-0.3, -0.25) is 37.3 Å². The van der Waals surface area contributed by atoms with E-state index in [4.69, 9.17) is 37.0 Å². The molecule has 0 rings (SSSR count). The molecule has 90 heavy (non-hydrogen) atoms. The monoisotopic (exact) mass is 1320 g/mol. The Bertz CT molecular complexity index is 1780. The van der Waals surface area contributed by atoms with Crippen molar-refractivity contribution in [2.45, 2.75) is 369 Å². The molecule has 0 amide bonds. The van der Waals surface area contributed by atoms with Gasteiger partial charge >= 0.3 is 39.5 Å². The summed E-state index contributed by atoms with van der Waals surface area (Å²) >= 11 is 0. The first-order chi connectivity index (χ1) is 43.1. The fourth-order valence-corrected chi connectivity index (χ4v) is 12.2. The lowest BCUT2D eigenvalue weighted by Gasteiger charge is -2.21. The van der Waals surface area contributed by atoms with Gasteiger partial charge in [0.25, 0.3) is 0 Å². The van der Waals surface area contributed by atoms with Crippen LogP contribution >= 0.6 is 15.6 Å². The summed E-state index contributed by atoms with van der Waals surface area (Å²) in [5.41, 5.74) is 0. The lowest BCUT2D eigenvalue weighted by atomic mass is 10.0. The van der Waals surface area contributed by atoms with Gasteiger partial charge in [-0.2, -0.15) is 0 Å². The summed E-state index contributed by atoms with van der Waals surface area (Å²) in [6.07, 6.45) is 43.1. The molecule has 0 aromatic rings. The third kappa shape index (κ3) is 64.8. The number of aliphatic hydroxyl groups is 1. The van der Waals surface area contributed by atoms with Gasteiger partial charge in [-0.25, -0.2) is 9.13 Å². The minimum Gasteiger partial charge on any atom is -0.462 e. The van der Waals surface area contributed by atoms with Crippen LogP contribution in [-0.4, -0.2) is 96.7 Å². The Hall–Kier alpha value is -1.94. The Kier molecular flexibility index (Phi) is 59.4. The summed E-state index contributed by atoms with van der Waals surface area (Å²) in [7, 11) is -9.90. The van der Waals surface area contributed by atoms with Gasteiger partial charge in [0.1, 0.15) is 19.3 Å². The summed E-state index contributed by atoms with van der Waals surface area (Å²) in [6.45, 7) is 14.1. The molecule has 0 saturated carbocycles. The molecule has 0 aromatic carbocycles. The second-order valence-electron chi connectivity index (χ2n) is 27.5. The standard InChI is InChI=1S/C71H138O17P2/c1-61(2)47-39-31-23-16-12-9-10-14-18-27-35-43-51-68(73)81-57-66(88-71(76)54-46-38-29-21-20-25-33-41-49-63(5)6)59-85-89(77,78)83-55-65(72)56-84-90(79,80)86-60-67(58-82-69(74)52-44-36-30-22-26-34-42-50-64(7)8)87-70(75)53-45-37-28-19-15-11-13-17-24-32-40-48-62(3)4/h61-67,72H,9-60H2,1-8H3,(H,77,78)(H,79,80)/t65?,66-,67-/m1/s1. The van der Waals surface area contributed by atoms with Gasteiger partial charge in [-0.1, -0.05) is 299 Å². The van der Waals surface area contributed by atoms with Crippen LogP contribution in [0.4, 0.5) is 0 Å². The van der Waals surface area contributed by atoms with Crippen LogP contribution in [0.5, 0.6) is 0 Å². The molecule has 5 atom stereocenters. The first-order valence-corrected chi connectivity index (χ1v) is 39.7. The van der Waals surface area contributed by atoms with Gasteiger partial charge in [0.15, 0.2) is 12.2 Å². The van der Waals surface area contributed by atoms with Gasteiger partial charge < -0.3 is 33.8 Å². The van der Waals surface area contributed by atoms with Crippen molar-refractivity contribution in [2.75, 3.05) is 39.6 Å². The number of unbranched alkanes of at least 4 members (excludes halogenated alkanes) is 34. The molecule has 0 bridgehead atoms. The summed E-state index contributed by atoms with van der Waals surface area (Å²) in [5, 5.41) is 10.6. The number of aliphatic hydroxyl groups excluding tert-OH is 1. The molecule has 0 aliphatic heterocycles. The number of phosphoric acid groups is 2. The van der Waals surface area contributed by atoms with Crippen LogP contribution in [0.3, 0.4) is 0 Å².